The Morgan fingerprint density at radius 2 is 1.79 bits per heavy atom. The molecule has 0 bridgehead atoms. The van der Waals surface area contributed by atoms with Gasteiger partial charge in [-0.1, -0.05) is 29.8 Å². The van der Waals surface area contributed by atoms with Crippen molar-refractivity contribution in [3.8, 4) is 5.75 Å². The van der Waals surface area contributed by atoms with Crippen molar-refractivity contribution >= 4 is 17.6 Å². The van der Waals surface area contributed by atoms with Crippen LogP contribution in [0.25, 0.3) is 0 Å². The summed E-state index contributed by atoms with van der Waals surface area (Å²) in [5, 5.41) is 12.2. The van der Waals surface area contributed by atoms with Crippen LogP contribution in [-0.2, 0) is 22.7 Å². The topological polar surface area (TPSA) is 92.0 Å². The van der Waals surface area contributed by atoms with Gasteiger partial charge in [0.1, 0.15) is 11.5 Å². The molecule has 1 heterocycles. The summed E-state index contributed by atoms with van der Waals surface area (Å²) in [7, 11) is 0. The zero-order valence-corrected chi connectivity index (χ0v) is 22.4. The third-order valence-electron chi connectivity index (χ3n) is 5.20. The fraction of sp³-hybridized carbons (Fsp3) is 0.308. The Kier molecular flexibility index (Phi) is 9.94. The molecule has 2 aromatic carbocycles. The van der Waals surface area contributed by atoms with E-state index in [9.17, 15) is 14.7 Å². The zero-order valence-electron chi connectivity index (χ0n) is 21.4. The first-order valence-corrected chi connectivity index (χ1v) is 10.8. The van der Waals surface area contributed by atoms with E-state index in [0.29, 0.717) is 18.8 Å². The van der Waals surface area contributed by atoms with Gasteiger partial charge in [0.25, 0.3) is 0 Å². The molecule has 1 amide bonds. The van der Waals surface area contributed by atoms with Gasteiger partial charge in [-0.2, -0.15) is 0 Å². The van der Waals surface area contributed by atoms with E-state index in [0.717, 1.165) is 28.1 Å². The van der Waals surface area contributed by atoms with Crippen molar-refractivity contribution in [2.75, 3.05) is 11.9 Å². The number of carboxylic acids is 1. The molecule has 0 spiro atoms. The number of carbonyl (C=O) groups is 2. The van der Waals surface area contributed by atoms with Gasteiger partial charge in [0.2, 0.25) is 5.91 Å². The number of carbonyl (C=O) groups excluding carboxylic acids is 1. The van der Waals surface area contributed by atoms with Gasteiger partial charge in [0.05, 0.1) is 19.4 Å². The van der Waals surface area contributed by atoms with Crippen LogP contribution in [0.1, 0.15) is 37.7 Å². The normalized spacial score (nSPS) is 11.1. The number of aliphatic carboxylic acids is 1. The summed E-state index contributed by atoms with van der Waals surface area (Å²) in [6, 6.07) is 16.8. The van der Waals surface area contributed by atoms with Crippen LogP contribution in [0.2, 0.25) is 0 Å². The van der Waals surface area contributed by atoms with Crippen LogP contribution in [0, 0.1) is 13.8 Å². The third kappa shape index (κ3) is 8.02. The quantitative estimate of drug-likeness (QED) is 0.436. The van der Waals surface area contributed by atoms with Crippen LogP contribution in [0.5, 0.6) is 5.75 Å². The Morgan fingerprint density at radius 1 is 1.09 bits per heavy atom. The Hall–Kier alpha value is -2.58. The number of carboxylic acid groups (broad SMARTS) is 1. The summed E-state index contributed by atoms with van der Waals surface area (Å²) in [6.45, 7) is 8.14. The number of nitrogens with zero attached hydrogens (tertiary/aromatic N) is 1. The molecule has 0 fully saturated rings. The number of hydrogen-bond donors (Lipinski definition) is 2. The summed E-state index contributed by atoms with van der Waals surface area (Å²) >= 11 is 0. The Morgan fingerprint density at radius 3 is 2.38 bits per heavy atom. The SMILES string of the molecule is Cc1ccc(NC(=O)CN(Cc2ccc(OC(C)(C)C(=O)O)cc2)Cc2ccco2)c(C)c1.[H-].[Na+]. The van der Waals surface area contributed by atoms with Crippen molar-refractivity contribution in [2.45, 2.75) is 46.4 Å². The molecule has 7 nitrogen and oxygen atoms in total. The molecule has 8 heteroatoms. The van der Waals surface area contributed by atoms with Crippen LogP contribution in [0.3, 0.4) is 0 Å². The summed E-state index contributed by atoms with van der Waals surface area (Å²) in [4.78, 5) is 26.1. The maximum Gasteiger partial charge on any atom is 1.00 e. The Bertz CT molecular complexity index is 1100. The number of rotatable bonds is 10. The molecule has 0 radical (unpaired) electrons. The number of aryl methyl sites for hydroxylation is 2. The predicted molar refractivity (Wildman–Crippen MR) is 127 cm³/mol. The van der Waals surface area contributed by atoms with Gasteiger partial charge in [0, 0.05) is 12.2 Å². The van der Waals surface area contributed by atoms with E-state index >= 15 is 0 Å². The minimum Gasteiger partial charge on any atom is -1.00 e. The molecule has 0 saturated carbocycles. The molecular formula is C26H31N2NaO5. The minimum atomic E-state index is -1.32. The van der Waals surface area contributed by atoms with Gasteiger partial charge in [-0.05, 0) is 69.2 Å². The fourth-order valence-electron chi connectivity index (χ4n) is 3.40. The van der Waals surface area contributed by atoms with Crippen LogP contribution in [0.4, 0.5) is 5.69 Å². The molecule has 0 atom stereocenters. The molecule has 2 N–H and O–H groups in total. The maximum absolute atomic E-state index is 12.8. The number of furan rings is 1. The number of nitrogens with one attached hydrogen (secondary N) is 1. The van der Waals surface area contributed by atoms with Gasteiger partial charge in [-0.3, -0.25) is 9.69 Å². The van der Waals surface area contributed by atoms with E-state index in [-0.39, 0.29) is 43.4 Å². The number of ether oxygens (including phenoxy) is 1. The van der Waals surface area contributed by atoms with Crippen LogP contribution >= 0.6 is 0 Å². The Labute approximate surface area is 223 Å². The summed E-state index contributed by atoms with van der Waals surface area (Å²) in [5.74, 6) is 0.0801. The predicted octanol–water partition coefficient (Wildman–Crippen LogP) is 1.90. The molecule has 0 saturated heterocycles. The minimum absolute atomic E-state index is 0. The molecule has 176 valence electrons. The smallest absolute Gasteiger partial charge is 1.00 e. The largest absolute Gasteiger partial charge is 1.00 e. The van der Waals surface area contributed by atoms with Gasteiger partial charge in [-0.15, -0.1) is 0 Å². The summed E-state index contributed by atoms with van der Waals surface area (Å²) in [5.41, 5.74) is 2.59. The van der Waals surface area contributed by atoms with Crippen molar-refractivity contribution in [1.29, 1.82) is 0 Å². The van der Waals surface area contributed by atoms with Crippen LogP contribution in [0.15, 0.2) is 65.3 Å². The fourth-order valence-corrected chi connectivity index (χ4v) is 3.40. The molecule has 3 rings (SSSR count). The summed E-state index contributed by atoms with van der Waals surface area (Å²) < 4.78 is 11.0. The molecule has 0 aliphatic carbocycles. The number of anilines is 1. The second kappa shape index (κ2) is 12.2. The maximum atomic E-state index is 12.8. The second-order valence-electron chi connectivity index (χ2n) is 8.65. The van der Waals surface area contributed by atoms with E-state index < -0.39 is 11.6 Å². The molecule has 0 aliphatic rings. The third-order valence-corrected chi connectivity index (χ3v) is 5.20. The first kappa shape index (κ1) is 27.7. The first-order valence-electron chi connectivity index (χ1n) is 10.8. The van der Waals surface area contributed by atoms with Gasteiger partial charge < -0.3 is 21.0 Å². The van der Waals surface area contributed by atoms with Crippen molar-refractivity contribution in [3.05, 3.63) is 83.3 Å². The van der Waals surface area contributed by atoms with Gasteiger partial charge in [-0.25, -0.2) is 4.79 Å². The molecule has 1 aromatic heterocycles. The van der Waals surface area contributed by atoms with Gasteiger partial charge in [0.15, 0.2) is 5.60 Å². The van der Waals surface area contributed by atoms with E-state index in [1.807, 2.05) is 61.2 Å². The monoisotopic (exact) mass is 474 g/mol. The van der Waals surface area contributed by atoms with E-state index in [2.05, 4.69) is 5.32 Å². The van der Waals surface area contributed by atoms with Crippen molar-refractivity contribution in [3.63, 3.8) is 0 Å². The molecule has 0 unspecified atom stereocenters. The second-order valence-corrected chi connectivity index (χ2v) is 8.65. The van der Waals surface area contributed by atoms with E-state index in [1.165, 1.54) is 13.8 Å². The average molecular weight is 475 g/mol. The molecule has 34 heavy (non-hydrogen) atoms. The average Bonchev–Trinajstić information content (AvgIpc) is 3.24. The van der Waals surface area contributed by atoms with Crippen LogP contribution in [-0.4, -0.2) is 34.0 Å². The van der Waals surface area contributed by atoms with E-state index in [4.69, 9.17) is 9.15 Å². The standard InChI is InChI=1S/C26H30N2O5.Na.H/c1-18-7-12-23(19(2)14-18)27-24(29)17-28(16-22-6-5-13-32-22)15-20-8-10-21(11-9-20)33-26(3,4)25(30)31;;/h5-14H,15-17H2,1-4H3,(H,27,29)(H,30,31);;/q;+1;-1. The van der Waals surface area contributed by atoms with Gasteiger partial charge >= 0.3 is 35.5 Å². The van der Waals surface area contributed by atoms with Crippen molar-refractivity contribution in [1.82, 2.24) is 4.90 Å². The zero-order chi connectivity index (χ0) is 24.0. The number of benzene rings is 2. The summed E-state index contributed by atoms with van der Waals surface area (Å²) in [6.07, 6.45) is 1.61. The van der Waals surface area contributed by atoms with Crippen molar-refractivity contribution < 1.29 is 54.8 Å². The van der Waals surface area contributed by atoms with Crippen molar-refractivity contribution in [2.24, 2.45) is 0 Å². The van der Waals surface area contributed by atoms with E-state index in [1.54, 1.807) is 18.4 Å². The Balaban J connectivity index is 0.00000306. The molecule has 0 aliphatic heterocycles. The number of amides is 1. The molecule has 3 aromatic rings. The molecular weight excluding hydrogens is 443 g/mol. The van der Waals surface area contributed by atoms with Crippen LogP contribution < -0.4 is 39.6 Å². The number of hydrogen-bond acceptors (Lipinski definition) is 5. The first-order chi connectivity index (χ1) is 15.6.